The Balaban J connectivity index is 1.50. The molecule has 0 aliphatic heterocycles. The molecule has 0 spiro atoms. The Bertz CT molecular complexity index is 1580. The minimum Gasteiger partial charge on any atom is -0.497 e. The second kappa shape index (κ2) is 12.4. The summed E-state index contributed by atoms with van der Waals surface area (Å²) in [6.45, 7) is 4.31. The standard InChI is InChI=1S/C26H31N3O7S3/c1-4-29-18-12-11-16(35-3)13-20(18)38-26(29)28-22(31)15-39(33,34)14-21(30)27-24-23(25(32)36-5-2)17-9-7-6-8-10-19(17)37-24/h11-13H,4-10,14-15H2,1-3H3,(H,27,30). The molecule has 0 fully saturated rings. The maximum Gasteiger partial charge on any atom is 0.341 e. The third-order valence-electron chi connectivity index (χ3n) is 6.27. The first kappa shape index (κ1) is 29.0. The molecule has 3 aromatic rings. The predicted octanol–water partition coefficient (Wildman–Crippen LogP) is 3.72. The summed E-state index contributed by atoms with van der Waals surface area (Å²) < 4.78 is 38.6. The molecule has 10 nitrogen and oxygen atoms in total. The van der Waals surface area contributed by atoms with E-state index in [2.05, 4.69) is 10.3 Å². The van der Waals surface area contributed by atoms with Gasteiger partial charge < -0.3 is 19.4 Å². The fourth-order valence-electron chi connectivity index (χ4n) is 4.56. The largest absolute Gasteiger partial charge is 0.497 e. The van der Waals surface area contributed by atoms with Crippen molar-refractivity contribution in [2.45, 2.75) is 52.5 Å². The van der Waals surface area contributed by atoms with Gasteiger partial charge in [-0.2, -0.15) is 4.99 Å². The van der Waals surface area contributed by atoms with Crippen molar-refractivity contribution in [3.63, 3.8) is 0 Å². The Hall–Kier alpha value is -3.03. The van der Waals surface area contributed by atoms with Gasteiger partial charge in [0.15, 0.2) is 14.6 Å². The maximum absolute atomic E-state index is 12.8. The lowest BCUT2D eigenvalue weighted by atomic mass is 10.1. The summed E-state index contributed by atoms with van der Waals surface area (Å²) in [4.78, 5) is 43.5. The van der Waals surface area contributed by atoms with E-state index in [0.29, 0.717) is 34.1 Å². The molecule has 1 N–H and O–H groups in total. The third kappa shape index (κ3) is 6.76. The molecule has 13 heteroatoms. The van der Waals surface area contributed by atoms with Gasteiger partial charge in [0.05, 0.1) is 29.5 Å². The lowest BCUT2D eigenvalue weighted by Gasteiger charge is -2.08. The Morgan fingerprint density at radius 1 is 1.08 bits per heavy atom. The predicted molar refractivity (Wildman–Crippen MR) is 151 cm³/mol. The fraction of sp³-hybridized carbons (Fsp3) is 0.462. The molecule has 1 aliphatic rings. The van der Waals surface area contributed by atoms with E-state index in [4.69, 9.17) is 9.47 Å². The highest BCUT2D eigenvalue weighted by molar-refractivity contribution is 7.92. The van der Waals surface area contributed by atoms with E-state index in [-0.39, 0.29) is 6.61 Å². The summed E-state index contributed by atoms with van der Waals surface area (Å²) in [6, 6.07) is 5.48. The monoisotopic (exact) mass is 593 g/mol. The van der Waals surface area contributed by atoms with Crippen molar-refractivity contribution in [1.82, 2.24) is 4.57 Å². The number of amides is 2. The summed E-state index contributed by atoms with van der Waals surface area (Å²) >= 11 is 2.53. The topological polar surface area (TPSA) is 133 Å². The lowest BCUT2D eigenvalue weighted by Crippen LogP contribution is -2.28. The molecule has 0 radical (unpaired) electrons. The molecule has 0 saturated carbocycles. The normalized spacial score (nSPS) is 14.1. The SMILES string of the molecule is CCOC(=O)c1c(NC(=O)CS(=O)(=O)CC(=O)N=c2sc3cc(OC)ccc3n2CC)sc2c1CCCCC2. The number of ether oxygens (including phenoxy) is 2. The molecule has 2 heterocycles. The van der Waals surface area contributed by atoms with Crippen molar-refractivity contribution < 1.29 is 32.3 Å². The highest BCUT2D eigenvalue weighted by atomic mass is 32.2. The molecule has 2 aromatic heterocycles. The van der Waals surface area contributed by atoms with Crippen LogP contribution in [-0.2, 0) is 43.5 Å². The zero-order chi connectivity index (χ0) is 28.2. The summed E-state index contributed by atoms with van der Waals surface area (Å²) in [5.74, 6) is -3.37. The molecule has 1 aromatic carbocycles. The smallest absolute Gasteiger partial charge is 0.341 e. The molecular formula is C26H31N3O7S3. The van der Waals surface area contributed by atoms with Crippen LogP contribution in [0.25, 0.3) is 10.2 Å². The van der Waals surface area contributed by atoms with Gasteiger partial charge in [-0.15, -0.1) is 11.3 Å². The van der Waals surface area contributed by atoms with Gasteiger partial charge >= 0.3 is 5.97 Å². The number of nitrogens with one attached hydrogen (secondary N) is 1. The van der Waals surface area contributed by atoms with Gasteiger partial charge in [0.2, 0.25) is 5.91 Å². The van der Waals surface area contributed by atoms with E-state index in [1.54, 1.807) is 20.1 Å². The van der Waals surface area contributed by atoms with Gasteiger partial charge in [-0.1, -0.05) is 17.8 Å². The minimum atomic E-state index is -4.12. The molecule has 39 heavy (non-hydrogen) atoms. The summed E-state index contributed by atoms with van der Waals surface area (Å²) in [5.41, 5.74) is 2.03. The zero-order valence-corrected chi connectivity index (χ0v) is 24.5. The van der Waals surface area contributed by atoms with E-state index in [0.717, 1.165) is 46.3 Å². The lowest BCUT2D eigenvalue weighted by molar-refractivity contribution is -0.115. The molecule has 0 saturated heterocycles. The number of methoxy groups -OCH3 is 1. The summed E-state index contributed by atoms with van der Waals surface area (Å²) in [6.07, 6.45) is 4.45. The van der Waals surface area contributed by atoms with Gasteiger partial charge in [0.25, 0.3) is 5.91 Å². The first-order chi connectivity index (χ1) is 18.7. The van der Waals surface area contributed by atoms with Gasteiger partial charge in [0.1, 0.15) is 22.3 Å². The number of rotatable bonds is 9. The Morgan fingerprint density at radius 3 is 2.56 bits per heavy atom. The quantitative estimate of drug-likeness (QED) is 0.295. The number of esters is 1. The molecule has 0 unspecified atom stereocenters. The van der Waals surface area contributed by atoms with E-state index in [1.807, 2.05) is 23.6 Å². The van der Waals surface area contributed by atoms with Crippen molar-refractivity contribution in [3.05, 3.63) is 39.0 Å². The number of benzene rings is 1. The highest BCUT2D eigenvalue weighted by Gasteiger charge is 2.28. The second-order valence-electron chi connectivity index (χ2n) is 9.04. The van der Waals surface area contributed by atoms with Crippen LogP contribution >= 0.6 is 22.7 Å². The molecular weight excluding hydrogens is 563 g/mol. The van der Waals surface area contributed by atoms with Crippen LogP contribution in [0.3, 0.4) is 0 Å². The van der Waals surface area contributed by atoms with Crippen LogP contribution in [0.2, 0.25) is 0 Å². The number of nitrogens with zero attached hydrogens (tertiary/aromatic N) is 2. The molecule has 1 aliphatic carbocycles. The Morgan fingerprint density at radius 2 is 1.85 bits per heavy atom. The molecule has 4 rings (SSSR count). The number of carbonyl (C=O) groups excluding carboxylic acids is 3. The van der Waals surface area contributed by atoms with Crippen molar-refractivity contribution in [2.75, 3.05) is 30.5 Å². The van der Waals surface area contributed by atoms with Crippen molar-refractivity contribution in [3.8, 4) is 5.75 Å². The van der Waals surface area contributed by atoms with Crippen molar-refractivity contribution in [2.24, 2.45) is 4.99 Å². The van der Waals surface area contributed by atoms with Crippen LogP contribution in [0, 0.1) is 0 Å². The van der Waals surface area contributed by atoms with Crippen LogP contribution in [0.1, 0.15) is 53.9 Å². The Labute approximate surface area is 234 Å². The number of anilines is 1. The van der Waals surface area contributed by atoms with Crippen LogP contribution in [-0.4, -0.2) is 56.0 Å². The number of aromatic nitrogens is 1. The van der Waals surface area contributed by atoms with Crippen LogP contribution < -0.4 is 14.9 Å². The van der Waals surface area contributed by atoms with E-state index >= 15 is 0 Å². The number of thiazole rings is 1. The maximum atomic E-state index is 12.8. The Kier molecular flexibility index (Phi) is 9.23. The molecule has 0 atom stereocenters. The van der Waals surface area contributed by atoms with E-state index < -0.39 is 39.1 Å². The van der Waals surface area contributed by atoms with E-state index in [1.165, 1.54) is 22.7 Å². The minimum absolute atomic E-state index is 0.183. The molecule has 2 amide bonds. The fourth-order valence-corrected chi connectivity index (χ4v) is 8.01. The first-order valence-electron chi connectivity index (χ1n) is 12.7. The van der Waals surface area contributed by atoms with Gasteiger partial charge in [-0.3, -0.25) is 9.59 Å². The molecule has 210 valence electrons. The zero-order valence-electron chi connectivity index (χ0n) is 22.1. The second-order valence-corrected chi connectivity index (χ2v) is 13.2. The van der Waals surface area contributed by atoms with E-state index in [9.17, 15) is 22.8 Å². The number of fused-ring (bicyclic) bond motifs is 2. The van der Waals surface area contributed by atoms with Crippen molar-refractivity contribution >= 4 is 65.5 Å². The average Bonchev–Trinajstić information content (AvgIpc) is 3.29. The molecule has 0 bridgehead atoms. The van der Waals surface area contributed by atoms with Crippen LogP contribution in [0.4, 0.5) is 5.00 Å². The number of carbonyl (C=O) groups is 3. The summed E-state index contributed by atoms with van der Waals surface area (Å²) in [5, 5.41) is 2.89. The van der Waals surface area contributed by atoms with Crippen molar-refractivity contribution in [1.29, 1.82) is 0 Å². The van der Waals surface area contributed by atoms with Gasteiger partial charge in [-0.25, -0.2) is 13.2 Å². The number of hydrogen-bond acceptors (Lipinski definition) is 9. The first-order valence-corrected chi connectivity index (χ1v) is 16.2. The number of sulfone groups is 1. The van der Waals surface area contributed by atoms with Crippen LogP contribution in [0.15, 0.2) is 23.2 Å². The highest BCUT2D eigenvalue weighted by Crippen LogP contribution is 2.38. The summed E-state index contributed by atoms with van der Waals surface area (Å²) in [7, 11) is -2.56. The number of aryl methyl sites for hydroxylation is 2. The van der Waals surface area contributed by atoms with Crippen LogP contribution in [0.5, 0.6) is 5.75 Å². The average molecular weight is 594 g/mol. The third-order valence-corrected chi connectivity index (χ3v) is 9.91. The number of hydrogen-bond donors (Lipinski definition) is 1. The number of thiophene rings is 1. The van der Waals surface area contributed by atoms with Gasteiger partial charge in [0, 0.05) is 11.4 Å². The van der Waals surface area contributed by atoms with Gasteiger partial charge in [-0.05, 0) is 63.3 Å².